The van der Waals surface area contributed by atoms with E-state index in [1.54, 1.807) is 13.2 Å². The standard InChI is InChI=1S/C9H12N2O/c1-6-4-7(10)9(12-3)5-8(6)11-2/h4-5H,2,10H2,1,3H3. The molecule has 1 rings (SSSR count). The van der Waals surface area contributed by atoms with Crippen LogP contribution in [0.5, 0.6) is 5.75 Å². The molecule has 0 aromatic heterocycles. The first kappa shape index (κ1) is 8.59. The SMILES string of the molecule is C=Nc1cc(OC)c(N)cc1C. The fraction of sp³-hybridized carbons (Fsp3) is 0.222. The van der Waals surface area contributed by atoms with Crippen LogP contribution in [0.15, 0.2) is 17.1 Å². The van der Waals surface area contributed by atoms with Crippen molar-refractivity contribution < 1.29 is 4.74 Å². The van der Waals surface area contributed by atoms with Crippen molar-refractivity contribution in [3.05, 3.63) is 17.7 Å². The van der Waals surface area contributed by atoms with E-state index in [2.05, 4.69) is 11.7 Å². The number of nitrogens with two attached hydrogens (primary N) is 1. The molecule has 0 unspecified atom stereocenters. The van der Waals surface area contributed by atoms with E-state index >= 15 is 0 Å². The number of ether oxygens (including phenoxy) is 1. The third-order valence-corrected chi connectivity index (χ3v) is 1.72. The Kier molecular flexibility index (Phi) is 2.33. The Balaban J connectivity index is 3.26. The number of nitrogens with zero attached hydrogens (tertiary/aromatic N) is 1. The summed E-state index contributed by atoms with van der Waals surface area (Å²) in [6.07, 6.45) is 0. The average molecular weight is 164 g/mol. The van der Waals surface area contributed by atoms with E-state index in [9.17, 15) is 0 Å². The van der Waals surface area contributed by atoms with Crippen LogP contribution in [0.1, 0.15) is 5.56 Å². The highest BCUT2D eigenvalue weighted by molar-refractivity contribution is 5.64. The van der Waals surface area contributed by atoms with Crippen LogP contribution < -0.4 is 10.5 Å². The van der Waals surface area contributed by atoms with Crippen LogP contribution in [0.2, 0.25) is 0 Å². The molecule has 0 spiro atoms. The zero-order chi connectivity index (χ0) is 9.14. The second-order valence-corrected chi connectivity index (χ2v) is 2.54. The molecule has 0 atom stereocenters. The molecule has 0 bridgehead atoms. The Labute approximate surface area is 71.9 Å². The summed E-state index contributed by atoms with van der Waals surface area (Å²) in [5.74, 6) is 0.642. The summed E-state index contributed by atoms with van der Waals surface area (Å²) in [6.45, 7) is 5.38. The lowest BCUT2D eigenvalue weighted by atomic mass is 10.1. The maximum absolute atomic E-state index is 5.67. The zero-order valence-electron chi connectivity index (χ0n) is 7.29. The highest BCUT2D eigenvalue weighted by Crippen LogP contribution is 2.29. The molecule has 12 heavy (non-hydrogen) atoms. The molecule has 0 radical (unpaired) electrons. The minimum atomic E-state index is 0.627. The number of methoxy groups -OCH3 is 1. The van der Waals surface area contributed by atoms with Crippen molar-refractivity contribution >= 4 is 18.1 Å². The topological polar surface area (TPSA) is 47.6 Å². The lowest BCUT2D eigenvalue weighted by Crippen LogP contribution is -1.92. The summed E-state index contributed by atoms with van der Waals surface area (Å²) >= 11 is 0. The number of hydrogen-bond donors (Lipinski definition) is 1. The van der Waals surface area contributed by atoms with E-state index in [0.717, 1.165) is 11.3 Å². The van der Waals surface area contributed by atoms with Crippen LogP contribution in [0.3, 0.4) is 0 Å². The van der Waals surface area contributed by atoms with Gasteiger partial charge in [-0.3, -0.25) is 4.99 Å². The summed E-state index contributed by atoms with van der Waals surface area (Å²) in [4.78, 5) is 3.83. The molecule has 0 aliphatic rings. The van der Waals surface area contributed by atoms with Gasteiger partial charge in [0.05, 0.1) is 18.5 Å². The van der Waals surface area contributed by atoms with Crippen LogP contribution in [0.25, 0.3) is 0 Å². The smallest absolute Gasteiger partial charge is 0.143 e. The lowest BCUT2D eigenvalue weighted by Gasteiger charge is -2.07. The molecule has 0 aliphatic carbocycles. The van der Waals surface area contributed by atoms with Gasteiger partial charge in [0.1, 0.15) is 5.75 Å². The van der Waals surface area contributed by atoms with Gasteiger partial charge in [-0.15, -0.1) is 0 Å². The van der Waals surface area contributed by atoms with E-state index < -0.39 is 0 Å². The first-order chi connectivity index (χ1) is 5.69. The second-order valence-electron chi connectivity index (χ2n) is 2.54. The molecule has 1 aromatic rings. The number of anilines is 1. The number of hydrogen-bond acceptors (Lipinski definition) is 3. The average Bonchev–Trinajstić information content (AvgIpc) is 2.05. The van der Waals surface area contributed by atoms with Crippen LogP contribution >= 0.6 is 0 Å². The van der Waals surface area contributed by atoms with E-state index in [-0.39, 0.29) is 0 Å². The molecule has 64 valence electrons. The summed E-state index contributed by atoms with van der Waals surface area (Å²) < 4.78 is 5.03. The van der Waals surface area contributed by atoms with Gasteiger partial charge < -0.3 is 10.5 Å². The Morgan fingerprint density at radius 2 is 2.17 bits per heavy atom. The van der Waals surface area contributed by atoms with Crippen molar-refractivity contribution in [1.29, 1.82) is 0 Å². The molecular weight excluding hydrogens is 152 g/mol. The zero-order valence-corrected chi connectivity index (χ0v) is 7.29. The van der Waals surface area contributed by atoms with Gasteiger partial charge in [-0.05, 0) is 25.3 Å². The quantitative estimate of drug-likeness (QED) is 0.536. The molecule has 0 saturated carbocycles. The number of rotatable bonds is 2. The van der Waals surface area contributed by atoms with Gasteiger partial charge >= 0.3 is 0 Å². The summed E-state index contributed by atoms with van der Waals surface area (Å²) in [5, 5.41) is 0. The highest BCUT2D eigenvalue weighted by Gasteiger charge is 2.02. The first-order valence-corrected chi connectivity index (χ1v) is 3.60. The van der Waals surface area contributed by atoms with Gasteiger partial charge in [0.2, 0.25) is 0 Å². The van der Waals surface area contributed by atoms with Gasteiger partial charge in [-0.2, -0.15) is 0 Å². The van der Waals surface area contributed by atoms with Crippen molar-refractivity contribution in [2.75, 3.05) is 12.8 Å². The maximum Gasteiger partial charge on any atom is 0.143 e. The third kappa shape index (κ3) is 1.39. The predicted octanol–water partition coefficient (Wildman–Crippen LogP) is 1.92. The monoisotopic (exact) mass is 164 g/mol. The van der Waals surface area contributed by atoms with Gasteiger partial charge in [0, 0.05) is 6.07 Å². The van der Waals surface area contributed by atoms with Crippen LogP contribution in [-0.4, -0.2) is 13.8 Å². The number of aryl methyl sites for hydroxylation is 1. The predicted molar refractivity (Wildman–Crippen MR) is 51.4 cm³/mol. The van der Waals surface area contributed by atoms with Crippen LogP contribution in [0.4, 0.5) is 11.4 Å². The fourth-order valence-electron chi connectivity index (χ4n) is 1.05. The largest absolute Gasteiger partial charge is 0.495 e. The number of benzene rings is 1. The highest BCUT2D eigenvalue weighted by atomic mass is 16.5. The van der Waals surface area contributed by atoms with Crippen LogP contribution in [0, 0.1) is 6.92 Å². The molecule has 2 N–H and O–H groups in total. The minimum absolute atomic E-state index is 0.627. The van der Waals surface area contributed by atoms with Crippen molar-refractivity contribution in [1.82, 2.24) is 0 Å². The molecule has 3 nitrogen and oxygen atoms in total. The van der Waals surface area contributed by atoms with Crippen molar-refractivity contribution in [3.63, 3.8) is 0 Å². The molecule has 0 fully saturated rings. The fourth-order valence-corrected chi connectivity index (χ4v) is 1.05. The van der Waals surface area contributed by atoms with E-state index in [1.807, 2.05) is 13.0 Å². The molecular formula is C9H12N2O. The molecule has 0 saturated heterocycles. The first-order valence-electron chi connectivity index (χ1n) is 3.60. The molecule has 0 aliphatic heterocycles. The number of aliphatic imine (C=N–C) groups is 1. The van der Waals surface area contributed by atoms with Gasteiger partial charge in [0.15, 0.2) is 0 Å². The van der Waals surface area contributed by atoms with Crippen molar-refractivity contribution in [3.8, 4) is 5.75 Å². The lowest BCUT2D eigenvalue weighted by molar-refractivity contribution is 0.417. The third-order valence-electron chi connectivity index (χ3n) is 1.72. The molecule has 1 aromatic carbocycles. The molecule has 0 heterocycles. The summed E-state index contributed by atoms with van der Waals surface area (Å²) in [5.41, 5.74) is 8.11. The summed E-state index contributed by atoms with van der Waals surface area (Å²) in [6, 6.07) is 3.60. The second kappa shape index (κ2) is 3.26. The minimum Gasteiger partial charge on any atom is -0.495 e. The van der Waals surface area contributed by atoms with Gasteiger partial charge in [-0.25, -0.2) is 0 Å². The van der Waals surface area contributed by atoms with E-state index in [0.29, 0.717) is 11.4 Å². The van der Waals surface area contributed by atoms with Crippen molar-refractivity contribution in [2.24, 2.45) is 4.99 Å². The Morgan fingerprint density at radius 3 is 2.67 bits per heavy atom. The summed E-state index contributed by atoms with van der Waals surface area (Å²) in [7, 11) is 1.58. The molecule has 0 amide bonds. The van der Waals surface area contributed by atoms with Crippen LogP contribution in [-0.2, 0) is 0 Å². The van der Waals surface area contributed by atoms with E-state index in [4.69, 9.17) is 10.5 Å². The Bertz CT molecular complexity index is 308. The maximum atomic E-state index is 5.67. The normalized spacial score (nSPS) is 9.50. The molecule has 3 heteroatoms. The van der Waals surface area contributed by atoms with E-state index in [1.165, 1.54) is 0 Å². The Hall–Kier alpha value is -1.51. The number of nitrogen functional groups attached to an aromatic ring is 1. The van der Waals surface area contributed by atoms with Gasteiger partial charge in [-0.1, -0.05) is 0 Å². The van der Waals surface area contributed by atoms with Crippen molar-refractivity contribution in [2.45, 2.75) is 6.92 Å². The Morgan fingerprint density at radius 1 is 1.50 bits per heavy atom. The van der Waals surface area contributed by atoms with Gasteiger partial charge in [0.25, 0.3) is 0 Å².